The number of nitrogens with zero attached hydrogens (tertiary/aromatic N) is 1. The molecule has 0 bridgehead atoms. The fraction of sp³-hybridized carbons (Fsp3) is 0.667. The average molecular weight is 159 g/mol. The summed E-state index contributed by atoms with van der Waals surface area (Å²) in [6.07, 6.45) is 0. The molecule has 0 amide bonds. The first-order valence-electron chi connectivity index (χ1n) is 3.31. The molecule has 11 heavy (non-hydrogen) atoms. The summed E-state index contributed by atoms with van der Waals surface area (Å²) in [5.74, 6) is 0.272. The van der Waals surface area contributed by atoms with Gasteiger partial charge in [0.15, 0.2) is 0 Å². The van der Waals surface area contributed by atoms with Gasteiger partial charge in [0.1, 0.15) is 0 Å². The lowest BCUT2D eigenvalue weighted by Gasteiger charge is -1.98. The quantitative estimate of drug-likeness (QED) is 0.572. The van der Waals surface area contributed by atoms with Crippen LogP contribution >= 0.6 is 0 Å². The van der Waals surface area contributed by atoms with Crippen LogP contribution in [0.25, 0.3) is 0 Å². The molecule has 0 aliphatic carbocycles. The summed E-state index contributed by atoms with van der Waals surface area (Å²) in [5.41, 5.74) is -1.91. The normalized spacial score (nSPS) is 10.8. The van der Waals surface area contributed by atoms with Crippen LogP contribution in [0.1, 0.15) is 13.8 Å². The van der Waals surface area contributed by atoms with Crippen LogP contribution in [-0.2, 0) is 6.54 Å². The lowest BCUT2D eigenvalue weighted by atomic mass is 10.2. The Morgan fingerprint density at radius 1 is 1.27 bits per heavy atom. The Labute approximate surface area is 62.1 Å². The molecule has 62 valence electrons. The van der Waals surface area contributed by atoms with E-state index < -0.39 is 11.3 Å². The van der Waals surface area contributed by atoms with E-state index in [0.29, 0.717) is 6.54 Å². The van der Waals surface area contributed by atoms with E-state index >= 15 is 0 Å². The Kier molecular flexibility index (Phi) is 1.98. The highest BCUT2D eigenvalue weighted by Crippen LogP contribution is 1.94. The summed E-state index contributed by atoms with van der Waals surface area (Å²) >= 11 is 0. The predicted octanol–water partition coefficient (Wildman–Crippen LogP) is 0.0505. The van der Waals surface area contributed by atoms with E-state index in [4.69, 9.17) is 0 Å². The van der Waals surface area contributed by atoms with Crippen LogP contribution in [0.3, 0.4) is 0 Å². The van der Waals surface area contributed by atoms with Crippen LogP contribution < -0.4 is 11.3 Å². The SMILES string of the molecule is CC(C)Cn1oc(=O)c(=O)o1. The van der Waals surface area contributed by atoms with Crippen molar-refractivity contribution in [3.8, 4) is 0 Å². The van der Waals surface area contributed by atoms with E-state index in [2.05, 4.69) is 9.05 Å². The van der Waals surface area contributed by atoms with Crippen molar-refractivity contribution in [2.24, 2.45) is 5.92 Å². The minimum Gasteiger partial charge on any atom is -0.298 e. The maximum absolute atomic E-state index is 10.4. The Hall–Kier alpha value is -1.26. The minimum absolute atomic E-state index is 0.272. The fourth-order valence-corrected chi connectivity index (χ4v) is 0.651. The predicted molar refractivity (Wildman–Crippen MR) is 36.3 cm³/mol. The summed E-state index contributed by atoms with van der Waals surface area (Å²) in [4.78, 5) is 21.8. The Morgan fingerprint density at radius 2 is 1.73 bits per heavy atom. The summed E-state index contributed by atoms with van der Waals surface area (Å²) in [5, 5.41) is 0. The standard InChI is InChI=1S/C6H9NO4/c1-4(2)3-7-10-5(8)6(9)11-7/h4H,3H2,1-2H3. The van der Waals surface area contributed by atoms with Gasteiger partial charge in [-0.1, -0.05) is 18.8 Å². The molecule has 0 aliphatic heterocycles. The Morgan fingerprint density at radius 3 is 2.09 bits per heavy atom. The molecule has 0 unspecified atom stereocenters. The molecule has 5 heteroatoms. The van der Waals surface area contributed by atoms with E-state index in [-0.39, 0.29) is 5.92 Å². The molecule has 0 aromatic carbocycles. The zero-order valence-electron chi connectivity index (χ0n) is 6.36. The van der Waals surface area contributed by atoms with Crippen molar-refractivity contribution in [1.29, 1.82) is 0 Å². The van der Waals surface area contributed by atoms with Gasteiger partial charge in [0.05, 0.1) is 6.54 Å². The number of hydrogen-bond acceptors (Lipinski definition) is 4. The minimum atomic E-state index is -0.953. The highest BCUT2D eigenvalue weighted by Gasteiger charge is 2.05. The summed E-state index contributed by atoms with van der Waals surface area (Å²) in [7, 11) is 0. The monoisotopic (exact) mass is 159 g/mol. The zero-order chi connectivity index (χ0) is 8.43. The number of hydrogen-bond donors (Lipinski definition) is 0. The van der Waals surface area contributed by atoms with E-state index in [1.807, 2.05) is 13.8 Å². The van der Waals surface area contributed by atoms with Crippen LogP contribution in [-0.4, -0.2) is 4.91 Å². The first-order valence-corrected chi connectivity index (χ1v) is 3.31. The summed E-state index contributed by atoms with van der Waals surface area (Å²) in [6, 6.07) is 0. The van der Waals surface area contributed by atoms with E-state index in [1.165, 1.54) is 0 Å². The first kappa shape index (κ1) is 7.84. The second kappa shape index (κ2) is 2.77. The molecular weight excluding hydrogens is 150 g/mol. The average Bonchev–Trinajstić information content (AvgIpc) is 2.10. The van der Waals surface area contributed by atoms with Crippen molar-refractivity contribution in [1.82, 2.24) is 4.91 Å². The van der Waals surface area contributed by atoms with Crippen molar-refractivity contribution < 1.29 is 9.05 Å². The van der Waals surface area contributed by atoms with Gasteiger partial charge in [-0.25, -0.2) is 9.59 Å². The Bertz CT molecular complexity index is 301. The van der Waals surface area contributed by atoms with Gasteiger partial charge in [-0.15, -0.1) is 0 Å². The molecule has 0 N–H and O–H groups in total. The number of aromatic nitrogens is 1. The van der Waals surface area contributed by atoms with Crippen LogP contribution in [0.5, 0.6) is 0 Å². The first-order chi connectivity index (χ1) is 5.09. The molecule has 5 nitrogen and oxygen atoms in total. The van der Waals surface area contributed by atoms with Gasteiger partial charge in [0, 0.05) is 0 Å². The molecule has 0 fully saturated rings. The van der Waals surface area contributed by atoms with Crippen molar-refractivity contribution in [3.05, 3.63) is 20.8 Å². The molecule has 0 radical (unpaired) electrons. The highest BCUT2D eigenvalue weighted by molar-refractivity contribution is 4.56. The van der Waals surface area contributed by atoms with E-state index in [1.54, 1.807) is 0 Å². The summed E-state index contributed by atoms with van der Waals surface area (Å²) in [6.45, 7) is 4.23. The Balaban J connectivity index is 2.90. The molecule has 1 heterocycles. The van der Waals surface area contributed by atoms with Crippen LogP contribution in [0.4, 0.5) is 0 Å². The molecule has 0 saturated heterocycles. The second-order valence-corrected chi connectivity index (χ2v) is 2.67. The van der Waals surface area contributed by atoms with Crippen molar-refractivity contribution >= 4 is 0 Å². The van der Waals surface area contributed by atoms with Crippen LogP contribution in [0.15, 0.2) is 18.6 Å². The van der Waals surface area contributed by atoms with Gasteiger partial charge >= 0.3 is 11.3 Å². The summed E-state index contributed by atoms with van der Waals surface area (Å²) < 4.78 is 8.81. The highest BCUT2D eigenvalue weighted by atomic mass is 16.7. The maximum atomic E-state index is 10.4. The molecular formula is C6H9NO4. The largest absolute Gasteiger partial charge is 0.446 e. The second-order valence-electron chi connectivity index (χ2n) is 2.67. The molecule has 0 saturated carbocycles. The van der Waals surface area contributed by atoms with Gasteiger partial charge in [-0.3, -0.25) is 9.05 Å². The topological polar surface area (TPSA) is 65.3 Å². The molecule has 1 rings (SSSR count). The molecule has 0 aliphatic rings. The van der Waals surface area contributed by atoms with E-state index in [0.717, 1.165) is 4.91 Å². The van der Waals surface area contributed by atoms with Crippen molar-refractivity contribution in [3.63, 3.8) is 0 Å². The van der Waals surface area contributed by atoms with Crippen molar-refractivity contribution in [2.45, 2.75) is 20.4 Å². The lowest BCUT2D eigenvalue weighted by molar-refractivity contribution is 0.0602. The maximum Gasteiger partial charge on any atom is 0.446 e. The van der Waals surface area contributed by atoms with Gasteiger partial charge in [-0.05, 0) is 5.92 Å². The molecule has 0 spiro atoms. The molecule has 0 atom stereocenters. The van der Waals surface area contributed by atoms with E-state index in [9.17, 15) is 9.59 Å². The molecule has 1 aromatic rings. The number of rotatable bonds is 2. The molecule has 1 aromatic heterocycles. The smallest absolute Gasteiger partial charge is 0.298 e. The third-order valence-corrected chi connectivity index (χ3v) is 1.05. The van der Waals surface area contributed by atoms with Gasteiger partial charge < -0.3 is 0 Å². The zero-order valence-corrected chi connectivity index (χ0v) is 6.36. The third-order valence-electron chi connectivity index (χ3n) is 1.05. The van der Waals surface area contributed by atoms with Crippen LogP contribution in [0.2, 0.25) is 0 Å². The fourth-order valence-electron chi connectivity index (χ4n) is 0.651. The van der Waals surface area contributed by atoms with Gasteiger partial charge in [-0.2, -0.15) is 0 Å². The lowest BCUT2D eigenvalue weighted by Crippen LogP contribution is -2.14. The third kappa shape index (κ3) is 1.83. The van der Waals surface area contributed by atoms with Crippen LogP contribution in [0, 0.1) is 5.92 Å². The van der Waals surface area contributed by atoms with Crippen molar-refractivity contribution in [2.75, 3.05) is 0 Å². The van der Waals surface area contributed by atoms with Gasteiger partial charge in [0.2, 0.25) is 0 Å². The van der Waals surface area contributed by atoms with Gasteiger partial charge in [0.25, 0.3) is 0 Å².